The molecule has 102 valence electrons. The van der Waals surface area contributed by atoms with Crippen molar-refractivity contribution in [3.05, 3.63) is 35.4 Å². The van der Waals surface area contributed by atoms with Crippen LogP contribution in [-0.4, -0.2) is 23.9 Å². The summed E-state index contributed by atoms with van der Waals surface area (Å²) >= 11 is 0. The van der Waals surface area contributed by atoms with Crippen LogP contribution in [0, 0.1) is 17.2 Å². The smallest absolute Gasteiger partial charge is 0.253 e. The van der Waals surface area contributed by atoms with E-state index in [1.165, 1.54) is 0 Å². The van der Waals surface area contributed by atoms with Crippen LogP contribution in [-0.2, 0) is 0 Å². The quantitative estimate of drug-likeness (QED) is 0.784. The predicted molar refractivity (Wildman–Crippen MR) is 76.8 cm³/mol. The largest absolute Gasteiger partial charge is 0.339 e. The van der Waals surface area contributed by atoms with Gasteiger partial charge in [-0.05, 0) is 31.0 Å². The Hall–Kier alpha value is -1.82. The van der Waals surface area contributed by atoms with Crippen molar-refractivity contribution >= 4 is 5.91 Å². The van der Waals surface area contributed by atoms with E-state index in [-0.39, 0.29) is 5.91 Å². The zero-order chi connectivity index (χ0) is 14.3. The van der Waals surface area contributed by atoms with Gasteiger partial charge in [-0.15, -0.1) is 0 Å². The zero-order valence-electron chi connectivity index (χ0n) is 12.0. The normalized spacial score (nSPS) is 10.3. The Bertz CT molecular complexity index is 458. The standard InChI is InChI=1S/C16H22N2O/c1-4-13(5-2)12-18(6-3)16(19)15-9-7-8-14(10-15)11-17/h7-10,13H,4-6,12H2,1-3H3. The first-order valence-corrected chi connectivity index (χ1v) is 6.95. The Morgan fingerprint density at radius 3 is 2.53 bits per heavy atom. The highest BCUT2D eigenvalue weighted by Crippen LogP contribution is 2.13. The third kappa shape index (κ3) is 4.10. The minimum absolute atomic E-state index is 0.0199. The Morgan fingerprint density at radius 1 is 1.32 bits per heavy atom. The number of amides is 1. The molecule has 0 unspecified atom stereocenters. The number of rotatable bonds is 6. The molecular formula is C16H22N2O. The first kappa shape index (κ1) is 15.2. The lowest BCUT2D eigenvalue weighted by molar-refractivity contribution is 0.0735. The molecule has 19 heavy (non-hydrogen) atoms. The zero-order valence-corrected chi connectivity index (χ0v) is 12.0. The first-order valence-electron chi connectivity index (χ1n) is 6.95. The van der Waals surface area contributed by atoms with Crippen LogP contribution >= 0.6 is 0 Å². The summed E-state index contributed by atoms with van der Waals surface area (Å²) in [5.74, 6) is 0.564. The summed E-state index contributed by atoms with van der Waals surface area (Å²) in [7, 11) is 0. The van der Waals surface area contributed by atoms with Gasteiger partial charge in [0.15, 0.2) is 0 Å². The van der Waals surface area contributed by atoms with Gasteiger partial charge in [-0.3, -0.25) is 4.79 Å². The lowest BCUT2D eigenvalue weighted by Gasteiger charge is -2.25. The van der Waals surface area contributed by atoms with E-state index >= 15 is 0 Å². The van der Waals surface area contributed by atoms with Crippen molar-refractivity contribution in [1.29, 1.82) is 5.26 Å². The van der Waals surface area contributed by atoms with Gasteiger partial charge in [0.2, 0.25) is 0 Å². The topological polar surface area (TPSA) is 44.1 Å². The van der Waals surface area contributed by atoms with Gasteiger partial charge in [0.1, 0.15) is 0 Å². The summed E-state index contributed by atoms with van der Waals surface area (Å²) in [4.78, 5) is 14.3. The van der Waals surface area contributed by atoms with Crippen LogP contribution in [0.3, 0.4) is 0 Å². The summed E-state index contributed by atoms with van der Waals surface area (Å²) in [6, 6.07) is 8.99. The van der Waals surface area contributed by atoms with E-state index in [0.29, 0.717) is 23.6 Å². The van der Waals surface area contributed by atoms with Crippen molar-refractivity contribution in [2.75, 3.05) is 13.1 Å². The van der Waals surface area contributed by atoms with Gasteiger partial charge >= 0.3 is 0 Å². The first-order chi connectivity index (χ1) is 9.15. The number of carbonyl (C=O) groups is 1. The molecule has 0 aliphatic carbocycles. The van der Waals surface area contributed by atoms with Crippen molar-refractivity contribution < 1.29 is 4.79 Å². The average Bonchev–Trinajstić information content (AvgIpc) is 2.48. The molecule has 0 aliphatic heterocycles. The summed E-state index contributed by atoms with van der Waals surface area (Å²) in [5, 5.41) is 8.89. The molecule has 0 saturated carbocycles. The molecule has 0 radical (unpaired) electrons. The molecule has 0 fully saturated rings. The molecule has 0 heterocycles. The fraction of sp³-hybridized carbons (Fsp3) is 0.500. The van der Waals surface area contributed by atoms with Crippen molar-refractivity contribution in [2.24, 2.45) is 5.92 Å². The van der Waals surface area contributed by atoms with Crippen LogP contribution in [0.4, 0.5) is 0 Å². The van der Waals surface area contributed by atoms with Gasteiger partial charge < -0.3 is 4.90 Å². The summed E-state index contributed by atoms with van der Waals surface area (Å²) in [6.07, 6.45) is 2.16. The molecule has 3 heteroatoms. The van der Waals surface area contributed by atoms with Crippen molar-refractivity contribution in [3.63, 3.8) is 0 Å². The van der Waals surface area contributed by atoms with Gasteiger partial charge in [0.05, 0.1) is 11.6 Å². The maximum atomic E-state index is 12.4. The van der Waals surface area contributed by atoms with Gasteiger partial charge in [-0.25, -0.2) is 0 Å². The second-order valence-corrected chi connectivity index (χ2v) is 4.72. The molecule has 3 nitrogen and oxygen atoms in total. The molecule has 1 amide bonds. The minimum Gasteiger partial charge on any atom is -0.339 e. The molecule has 0 N–H and O–H groups in total. The third-order valence-corrected chi connectivity index (χ3v) is 3.54. The molecule has 0 aromatic heterocycles. The fourth-order valence-corrected chi connectivity index (χ4v) is 2.12. The molecule has 0 bridgehead atoms. The fourth-order valence-electron chi connectivity index (χ4n) is 2.12. The van der Waals surface area contributed by atoms with E-state index in [1.807, 2.05) is 11.8 Å². The number of nitrogens with zero attached hydrogens (tertiary/aromatic N) is 2. The maximum absolute atomic E-state index is 12.4. The van der Waals surface area contributed by atoms with Crippen LogP contribution in [0.25, 0.3) is 0 Å². The highest BCUT2D eigenvalue weighted by atomic mass is 16.2. The average molecular weight is 258 g/mol. The van der Waals surface area contributed by atoms with Gasteiger partial charge in [0, 0.05) is 18.7 Å². The van der Waals surface area contributed by atoms with E-state index in [2.05, 4.69) is 19.9 Å². The van der Waals surface area contributed by atoms with E-state index in [0.717, 1.165) is 19.4 Å². The molecule has 0 atom stereocenters. The Labute approximate surface area is 115 Å². The molecule has 0 spiro atoms. The van der Waals surface area contributed by atoms with Crippen molar-refractivity contribution in [3.8, 4) is 6.07 Å². The summed E-state index contributed by atoms with van der Waals surface area (Å²) in [6.45, 7) is 7.80. The van der Waals surface area contributed by atoms with Crippen LogP contribution in [0.2, 0.25) is 0 Å². The van der Waals surface area contributed by atoms with E-state index in [1.54, 1.807) is 24.3 Å². The summed E-state index contributed by atoms with van der Waals surface area (Å²) in [5.41, 5.74) is 1.14. The highest BCUT2D eigenvalue weighted by Gasteiger charge is 2.17. The lowest BCUT2D eigenvalue weighted by atomic mass is 10.0. The van der Waals surface area contributed by atoms with Crippen LogP contribution in [0.5, 0.6) is 0 Å². The molecule has 1 aromatic rings. The molecule has 0 saturated heterocycles. The van der Waals surface area contributed by atoms with Gasteiger partial charge in [-0.2, -0.15) is 5.26 Å². The highest BCUT2D eigenvalue weighted by molar-refractivity contribution is 5.94. The van der Waals surface area contributed by atoms with E-state index in [9.17, 15) is 4.79 Å². The Balaban J connectivity index is 2.86. The van der Waals surface area contributed by atoms with Crippen LogP contribution in [0.1, 0.15) is 49.5 Å². The Kier molecular flexibility index (Phi) is 6.08. The second-order valence-electron chi connectivity index (χ2n) is 4.72. The van der Waals surface area contributed by atoms with E-state index in [4.69, 9.17) is 5.26 Å². The van der Waals surface area contributed by atoms with Crippen molar-refractivity contribution in [2.45, 2.75) is 33.6 Å². The van der Waals surface area contributed by atoms with Crippen molar-refractivity contribution in [1.82, 2.24) is 4.90 Å². The molecule has 0 aliphatic rings. The summed E-state index contributed by atoms with van der Waals surface area (Å²) < 4.78 is 0. The van der Waals surface area contributed by atoms with Gasteiger partial charge in [0.25, 0.3) is 5.91 Å². The van der Waals surface area contributed by atoms with E-state index < -0.39 is 0 Å². The second kappa shape index (κ2) is 7.58. The number of benzene rings is 1. The monoisotopic (exact) mass is 258 g/mol. The minimum atomic E-state index is 0.0199. The predicted octanol–water partition coefficient (Wildman–Crippen LogP) is 3.46. The number of carbonyl (C=O) groups excluding carboxylic acids is 1. The SMILES string of the molecule is CCC(CC)CN(CC)C(=O)c1cccc(C#N)c1. The molecular weight excluding hydrogens is 236 g/mol. The Morgan fingerprint density at radius 2 is 2.00 bits per heavy atom. The number of nitriles is 1. The molecule has 1 rings (SSSR count). The molecule has 1 aromatic carbocycles. The third-order valence-electron chi connectivity index (χ3n) is 3.54. The van der Waals surface area contributed by atoms with Crippen LogP contribution in [0.15, 0.2) is 24.3 Å². The lowest BCUT2D eigenvalue weighted by Crippen LogP contribution is -2.35. The number of hydrogen-bond acceptors (Lipinski definition) is 2. The maximum Gasteiger partial charge on any atom is 0.253 e. The van der Waals surface area contributed by atoms with Gasteiger partial charge in [-0.1, -0.05) is 32.8 Å². The van der Waals surface area contributed by atoms with Crippen LogP contribution < -0.4 is 0 Å². The number of hydrogen-bond donors (Lipinski definition) is 0.